The van der Waals surface area contributed by atoms with E-state index in [4.69, 9.17) is 15.2 Å². The van der Waals surface area contributed by atoms with Crippen LogP contribution in [0.15, 0.2) is 36.4 Å². The highest BCUT2D eigenvalue weighted by molar-refractivity contribution is 5.58. The fraction of sp³-hybridized carbons (Fsp3) is 0.417. The molecule has 0 aromatic heterocycles. The molecule has 1 aliphatic heterocycles. The number of nitrogens with zero attached hydrogens (tertiary/aromatic N) is 1. The van der Waals surface area contributed by atoms with E-state index < -0.39 is 0 Å². The lowest BCUT2D eigenvalue weighted by atomic mass is 10.0. The third-order valence-electron chi connectivity index (χ3n) is 5.55. The van der Waals surface area contributed by atoms with E-state index in [1.54, 1.807) is 14.2 Å². The zero-order valence-corrected chi connectivity index (χ0v) is 17.5. The van der Waals surface area contributed by atoms with E-state index in [-0.39, 0.29) is 5.75 Å². The topological polar surface area (TPSA) is 68.0 Å². The summed E-state index contributed by atoms with van der Waals surface area (Å²) in [6.45, 7) is 3.35. The summed E-state index contributed by atoms with van der Waals surface area (Å²) in [7, 11) is 3.26. The molecule has 0 radical (unpaired) electrons. The van der Waals surface area contributed by atoms with Crippen LogP contribution in [0.4, 0.5) is 0 Å². The van der Waals surface area contributed by atoms with Crippen LogP contribution in [0.25, 0.3) is 6.08 Å². The second-order valence-corrected chi connectivity index (χ2v) is 7.48. The lowest BCUT2D eigenvalue weighted by molar-refractivity contribution is 0.215. The van der Waals surface area contributed by atoms with Gasteiger partial charge in [0, 0.05) is 24.7 Å². The number of hydrogen-bond acceptors (Lipinski definition) is 5. The number of ether oxygens (including phenoxy) is 2. The maximum Gasteiger partial charge on any atom is 0.131 e. The number of hydrogen-bond donors (Lipinski definition) is 2. The number of methoxy groups -OCH3 is 2. The number of piperidine rings is 1. The standard InChI is InChI=1S/C24H32N2O3/c1-28-22-15-23(29-2)21(17-26-13-4-3-5-14-26)24(27)20(22)8-6-7-18-9-11-19(16-25)12-10-18/h6-7,9-12,15,27H,3-5,8,13-14,16-17,25H2,1-2H3/b7-6+. The molecule has 0 saturated carbocycles. The van der Waals surface area contributed by atoms with E-state index in [2.05, 4.69) is 4.90 Å². The molecule has 1 heterocycles. The number of nitrogens with two attached hydrogens (primary N) is 1. The molecule has 2 aromatic rings. The van der Waals surface area contributed by atoms with Crippen molar-refractivity contribution in [3.63, 3.8) is 0 Å². The molecular weight excluding hydrogens is 364 g/mol. The van der Waals surface area contributed by atoms with Crippen LogP contribution in [0, 0.1) is 0 Å². The van der Waals surface area contributed by atoms with Crippen molar-refractivity contribution in [1.82, 2.24) is 4.90 Å². The van der Waals surface area contributed by atoms with Gasteiger partial charge in [0.1, 0.15) is 17.2 Å². The molecule has 0 bridgehead atoms. The maximum atomic E-state index is 11.1. The first kappa shape index (κ1) is 21.2. The van der Waals surface area contributed by atoms with Gasteiger partial charge in [-0.1, -0.05) is 42.8 Å². The highest BCUT2D eigenvalue weighted by Crippen LogP contribution is 2.40. The molecule has 1 aliphatic rings. The molecule has 2 aromatic carbocycles. The van der Waals surface area contributed by atoms with Gasteiger partial charge in [-0.25, -0.2) is 0 Å². The summed E-state index contributed by atoms with van der Waals surface area (Å²) in [5.41, 5.74) is 9.49. The average molecular weight is 397 g/mol. The predicted octanol–water partition coefficient (Wildman–Crippen LogP) is 4.11. The number of rotatable bonds is 8. The molecule has 156 valence electrons. The van der Waals surface area contributed by atoms with Crippen LogP contribution in [0.2, 0.25) is 0 Å². The van der Waals surface area contributed by atoms with Gasteiger partial charge in [-0.05, 0) is 43.5 Å². The first-order valence-corrected chi connectivity index (χ1v) is 10.3. The molecule has 1 saturated heterocycles. The van der Waals surface area contributed by atoms with Crippen molar-refractivity contribution in [2.75, 3.05) is 27.3 Å². The normalized spacial score (nSPS) is 15.0. The Kier molecular flexibility index (Phi) is 7.55. The van der Waals surface area contributed by atoms with E-state index in [0.29, 0.717) is 31.0 Å². The number of phenols is 1. The van der Waals surface area contributed by atoms with E-state index in [0.717, 1.165) is 35.3 Å². The van der Waals surface area contributed by atoms with Gasteiger partial charge in [-0.3, -0.25) is 4.90 Å². The quantitative estimate of drug-likeness (QED) is 0.703. The molecule has 0 aliphatic carbocycles. The minimum absolute atomic E-state index is 0.273. The highest BCUT2D eigenvalue weighted by Gasteiger charge is 2.21. The fourth-order valence-corrected chi connectivity index (χ4v) is 3.84. The molecule has 0 amide bonds. The Morgan fingerprint density at radius 3 is 2.28 bits per heavy atom. The van der Waals surface area contributed by atoms with E-state index in [9.17, 15) is 5.11 Å². The minimum atomic E-state index is 0.273. The minimum Gasteiger partial charge on any atom is -0.507 e. The number of allylic oxidation sites excluding steroid dienone is 1. The molecule has 3 N–H and O–H groups in total. The maximum absolute atomic E-state index is 11.1. The van der Waals surface area contributed by atoms with Crippen LogP contribution >= 0.6 is 0 Å². The number of benzene rings is 2. The van der Waals surface area contributed by atoms with Crippen molar-refractivity contribution in [3.05, 3.63) is 58.7 Å². The lowest BCUT2D eigenvalue weighted by Crippen LogP contribution is -2.29. The van der Waals surface area contributed by atoms with E-state index >= 15 is 0 Å². The van der Waals surface area contributed by atoms with Crippen LogP contribution < -0.4 is 15.2 Å². The third kappa shape index (κ3) is 5.31. The zero-order valence-electron chi connectivity index (χ0n) is 17.5. The Hall–Kier alpha value is -2.50. The molecular formula is C24H32N2O3. The third-order valence-corrected chi connectivity index (χ3v) is 5.55. The summed E-state index contributed by atoms with van der Waals surface area (Å²) in [5, 5.41) is 11.1. The van der Waals surface area contributed by atoms with Crippen LogP contribution in [-0.4, -0.2) is 37.3 Å². The average Bonchev–Trinajstić information content (AvgIpc) is 2.77. The molecule has 5 nitrogen and oxygen atoms in total. The number of likely N-dealkylation sites (tertiary alicyclic amines) is 1. The second-order valence-electron chi connectivity index (χ2n) is 7.48. The van der Waals surface area contributed by atoms with Crippen LogP contribution in [0.3, 0.4) is 0 Å². The SMILES string of the molecule is COc1cc(OC)c(CN2CCCCC2)c(O)c1C/C=C/c1ccc(CN)cc1. The summed E-state index contributed by atoms with van der Waals surface area (Å²) in [6.07, 6.45) is 8.37. The first-order valence-electron chi connectivity index (χ1n) is 10.3. The summed E-state index contributed by atoms with van der Waals surface area (Å²) in [5.74, 6) is 1.59. The van der Waals surface area contributed by atoms with E-state index in [1.165, 1.54) is 19.3 Å². The van der Waals surface area contributed by atoms with Crippen molar-refractivity contribution in [1.29, 1.82) is 0 Å². The smallest absolute Gasteiger partial charge is 0.131 e. The molecule has 1 fully saturated rings. The molecule has 29 heavy (non-hydrogen) atoms. The highest BCUT2D eigenvalue weighted by atomic mass is 16.5. The molecule has 0 atom stereocenters. The summed E-state index contributed by atoms with van der Waals surface area (Å²) in [4.78, 5) is 2.38. The summed E-state index contributed by atoms with van der Waals surface area (Å²) in [6, 6.07) is 10.0. The van der Waals surface area contributed by atoms with Crippen molar-refractivity contribution < 1.29 is 14.6 Å². The van der Waals surface area contributed by atoms with Gasteiger partial charge in [0.2, 0.25) is 0 Å². The summed E-state index contributed by atoms with van der Waals surface area (Å²) < 4.78 is 11.1. The zero-order chi connectivity index (χ0) is 20.6. The number of phenolic OH excluding ortho intramolecular Hbond substituents is 1. The second kappa shape index (κ2) is 10.3. The largest absolute Gasteiger partial charge is 0.507 e. The first-order chi connectivity index (χ1) is 14.2. The Bertz CT molecular complexity index is 825. The molecule has 0 unspecified atom stereocenters. The lowest BCUT2D eigenvalue weighted by Gasteiger charge is -2.28. The fourth-order valence-electron chi connectivity index (χ4n) is 3.84. The predicted molar refractivity (Wildman–Crippen MR) is 117 cm³/mol. The van der Waals surface area contributed by atoms with Gasteiger partial charge in [-0.15, -0.1) is 0 Å². The van der Waals surface area contributed by atoms with Crippen molar-refractivity contribution in [2.24, 2.45) is 5.73 Å². The van der Waals surface area contributed by atoms with Gasteiger partial charge in [0.15, 0.2) is 0 Å². The van der Waals surface area contributed by atoms with Crippen LogP contribution in [-0.2, 0) is 19.5 Å². The molecule has 5 heteroatoms. The van der Waals surface area contributed by atoms with Crippen molar-refractivity contribution in [3.8, 4) is 17.2 Å². The van der Waals surface area contributed by atoms with Gasteiger partial charge >= 0.3 is 0 Å². The van der Waals surface area contributed by atoms with Gasteiger partial charge < -0.3 is 20.3 Å². The Morgan fingerprint density at radius 1 is 1.00 bits per heavy atom. The van der Waals surface area contributed by atoms with Gasteiger partial charge in [0.05, 0.1) is 19.8 Å². The van der Waals surface area contributed by atoms with Crippen LogP contribution in [0.5, 0.6) is 17.2 Å². The summed E-state index contributed by atoms with van der Waals surface area (Å²) >= 11 is 0. The molecule has 3 rings (SSSR count). The Labute approximate surface area is 173 Å². The van der Waals surface area contributed by atoms with Gasteiger partial charge in [0.25, 0.3) is 0 Å². The Balaban J connectivity index is 1.83. The monoisotopic (exact) mass is 396 g/mol. The molecule has 0 spiro atoms. The van der Waals surface area contributed by atoms with Crippen molar-refractivity contribution in [2.45, 2.75) is 38.8 Å². The van der Waals surface area contributed by atoms with E-state index in [1.807, 2.05) is 42.5 Å². The van der Waals surface area contributed by atoms with Crippen LogP contribution in [0.1, 0.15) is 41.5 Å². The Morgan fingerprint density at radius 2 is 1.66 bits per heavy atom. The van der Waals surface area contributed by atoms with Gasteiger partial charge in [-0.2, -0.15) is 0 Å². The van der Waals surface area contributed by atoms with Crippen molar-refractivity contribution >= 4 is 6.08 Å². The number of aromatic hydroxyl groups is 1.